The van der Waals surface area contributed by atoms with Gasteiger partial charge in [-0.1, -0.05) is 11.8 Å². The molecule has 0 atom stereocenters. The van der Waals surface area contributed by atoms with Crippen molar-refractivity contribution in [3.05, 3.63) is 11.1 Å². The molecule has 0 radical (unpaired) electrons. The maximum absolute atomic E-state index is 11.5. The number of rotatable bonds is 7. The Morgan fingerprint density at radius 3 is 3.00 bits per heavy atom. The number of carboxylic acids is 1. The van der Waals surface area contributed by atoms with Gasteiger partial charge in [0.2, 0.25) is 5.91 Å². The molecule has 2 N–H and O–H groups in total. The van der Waals surface area contributed by atoms with Gasteiger partial charge in [0.25, 0.3) is 0 Å². The number of hydrogen-bond donors (Lipinski definition) is 2. The summed E-state index contributed by atoms with van der Waals surface area (Å²) in [4.78, 5) is 26.1. The van der Waals surface area contributed by atoms with E-state index in [0.717, 1.165) is 10.9 Å². The first-order chi connectivity index (χ1) is 8.63. The first-order valence-corrected chi connectivity index (χ1v) is 7.55. The summed E-state index contributed by atoms with van der Waals surface area (Å²) in [6, 6.07) is 0. The van der Waals surface area contributed by atoms with Crippen LogP contribution in [0.15, 0.2) is 9.72 Å². The van der Waals surface area contributed by atoms with Crippen LogP contribution in [0.2, 0.25) is 0 Å². The molecule has 0 spiro atoms. The van der Waals surface area contributed by atoms with Gasteiger partial charge in [0.05, 0.1) is 17.9 Å². The highest BCUT2D eigenvalue weighted by atomic mass is 32.2. The maximum atomic E-state index is 11.5. The van der Waals surface area contributed by atoms with E-state index in [1.54, 1.807) is 5.38 Å². The third kappa shape index (κ3) is 4.66. The van der Waals surface area contributed by atoms with Crippen LogP contribution in [0.1, 0.15) is 18.5 Å². The van der Waals surface area contributed by atoms with Gasteiger partial charge in [0.15, 0.2) is 4.34 Å². The zero-order chi connectivity index (χ0) is 13.0. The predicted molar refractivity (Wildman–Crippen MR) is 69.9 cm³/mol. The van der Waals surface area contributed by atoms with Crippen LogP contribution in [0.3, 0.4) is 0 Å². The number of carbonyl (C=O) groups is 2. The van der Waals surface area contributed by atoms with Gasteiger partial charge in [-0.3, -0.25) is 9.59 Å². The molecule has 0 aromatic carbocycles. The zero-order valence-electron chi connectivity index (χ0n) is 9.72. The van der Waals surface area contributed by atoms with E-state index in [0.29, 0.717) is 17.4 Å². The summed E-state index contributed by atoms with van der Waals surface area (Å²) in [5.41, 5.74) is 0.549. The highest BCUT2D eigenvalue weighted by Gasteiger charge is 2.21. The molecule has 1 aromatic rings. The molecule has 0 bridgehead atoms. The molecule has 1 aliphatic carbocycles. The quantitative estimate of drug-likeness (QED) is 0.740. The third-order valence-electron chi connectivity index (χ3n) is 2.47. The van der Waals surface area contributed by atoms with E-state index < -0.39 is 5.97 Å². The van der Waals surface area contributed by atoms with Crippen molar-refractivity contribution in [2.24, 2.45) is 5.92 Å². The highest BCUT2D eigenvalue weighted by Crippen LogP contribution is 2.27. The predicted octanol–water partition coefficient (Wildman–Crippen LogP) is 1.39. The first kappa shape index (κ1) is 13.4. The van der Waals surface area contributed by atoms with Crippen LogP contribution in [-0.2, 0) is 16.0 Å². The van der Waals surface area contributed by atoms with E-state index in [1.807, 2.05) is 0 Å². The van der Waals surface area contributed by atoms with Crippen molar-refractivity contribution in [1.29, 1.82) is 0 Å². The summed E-state index contributed by atoms with van der Waals surface area (Å²) in [6.07, 6.45) is 2.38. The molecule has 98 valence electrons. The van der Waals surface area contributed by atoms with E-state index >= 15 is 0 Å². The Morgan fingerprint density at radius 2 is 2.33 bits per heavy atom. The van der Waals surface area contributed by atoms with Crippen LogP contribution in [-0.4, -0.2) is 34.3 Å². The van der Waals surface area contributed by atoms with Crippen molar-refractivity contribution in [3.8, 4) is 0 Å². The lowest BCUT2D eigenvalue weighted by Crippen LogP contribution is -2.27. The van der Waals surface area contributed by atoms with Crippen molar-refractivity contribution in [1.82, 2.24) is 10.3 Å². The summed E-state index contributed by atoms with van der Waals surface area (Å²) in [7, 11) is 0. The van der Waals surface area contributed by atoms with Gasteiger partial charge in [0, 0.05) is 11.9 Å². The average molecular weight is 286 g/mol. The van der Waals surface area contributed by atoms with Crippen LogP contribution in [0, 0.1) is 5.92 Å². The molecular formula is C11H14N2O3S2. The molecule has 1 amide bonds. The van der Waals surface area contributed by atoms with E-state index in [2.05, 4.69) is 10.3 Å². The van der Waals surface area contributed by atoms with Gasteiger partial charge >= 0.3 is 5.97 Å². The standard InChI is InChI=1S/C11H14N2O3S2/c14-9(12-4-7-1-2-7)6-18-11-13-8(5-17-11)3-10(15)16/h5,7H,1-4,6H2,(H,12,14)(H,15,16). The molecule has 5 nitrogen and oxygen atoms in total. The molecule has 1 aromatic heterocycles. The number of thioether (sulfide) groups is 1. The van der Waals surface area contributed by atoms with Gasteiger partial charge in [-0.25, -0.2) is 4.98 Å². The van der Waals surface area contributed by atoms with Crippen LogP contribution in [0.4, 0.5) is 0 Å². The van der Waals surface area contributed by atoms with Gasteiger partial charge in [0.1, 0.15) is 0 Å². The smallest absolute Gasteiger partial charge is 0.309 e. The fraction of sp³-hybridized carbons (Fsp3) is 0.545. The molecule has 7 heteroatoms. The fourth-order valence-corrected chi connectivity index (χ4v) is 3.02. The molecule has 0 unspecified atom stereocenters. The van der Waals surface area contributed by atoms with E-state index in [1.165, 1.54) is 35.9 Å². The SMILES string of the molecule is O=C(O)Cc1csc(SCC(=O)NCC2CC2)n1. The Labute approximate surface area is 113 Å². The minimum atomic E-state index is -0.890. The van der Waals surface area contributed by atoms with E-state index in [9.17, 15) is 9.59 Å². The first-order valence-electron chi connectivity index (χ1n) is 5.69. The maximum Gasteiger partial charge on any atom is 0.309 e. The summed E-state index contributed by atoms with van der Waals surface area (Å²) in [6.45, 7) is 0.779. The number of aromatic nitrogens is 1. The minimum Gasteiger partial charge on any atom is -0.481 e. The summed E-state index contributed by atoms with van der Waals surface area (Å²) < 4.78 is 0.743. The molecule has 1 fully saturated rings. The molecule has 1 aliphatic rings. The van der Waals surface area contributed by atoms with Crippen LogP contribution >= 0.6 is 23.1 Å². The van der Waals surface area contributed by atoms with Crippen LogP contribution in [0.5, 0.6) is 0 Å². The molecule has 1 heterocycles. The van der Waals surface area contributed by atoms with Crippen molar-refractivity contribution in [2.45, 2.75) is 23.6 Å². The summed E-state index contributed by atoms with van der Waals surface area (Å²) in [5.74, 6) is 0.147. The van der Waals surface area contributed by atoms with E-state index in [4.69, 9.17) is 5.11 Å². The Hall–Kier alpha value is -1.08. The second-order valence-electron chi connectivity index (χ2n) is 4.21. The van der Waals surface area contributed by atoms with Crippen molar-refractivity contribution in [3.63, 3.8) is 0 Å². The number of nitrogens with one attached hydrogen (secondary N) is 1. The largest absolute Gasteiger partial charge is 0.481 e. The minimum absolute atomic E-state index is 0.0156. The number of amides is 1. The average Bonchev–Trinajstić information content (AvgIpc) is 3.04. The Bertz CT molecular complexity index is 443. The third-order valence-corrected chi connectivity index (χ3v) is 4.54. The van der Waals surface area contributed by atoms with Gasteiger partial charge < -0.3 is 10.4 Å². The number of nitrogens with zero attached hydrogens (tertiary/aromatic N) is 1. The molecule has 1 saturated carbocycles. The van der Waals surface area contributed by atoms with Crippen LogP contribution in [0.25, 0.3) is 0 Å². The normalized spacial score (nSPS) is 14.4. The van der Waals surface area contributed by atoms with Gasteiger partial charge in [-0.05, 0) is 18.8 Å². The lowest BCUT2D eigenvalue weighted by atomic mass is 10.3. The molecule has 2 rings (SSSR count). The zero-order valence-corrected chi connectivity index (χ0v) is 11.4. The Morgan fingerprint density at radius 1 is 1.56 bits per heavy atom. The van der Waals surface area contributed by atoms with Gasteiger partial charge in [-0.15, -0.1) is 11.3 Å². The summed E-state index contributed by atoms with van der Waals surface area (Å²) >= 11 is 2.73. The fourth-order valence-electron chi connectivity index (χ4n) is 1.35. The molecule has 0 aliphatic heterocycles. The van der Waals surface area contributed by atoms with Crippen LogP contribution < -0.4 is 5.32 Å². The lowest BCUT2D eigenvalue weighted by Gasteiger charge is -2.01. The lowest BCUT2D eigenvalue weighted by molar-refractivity contribution is -0.136. The Kier molecular flexibility index (Phi) is 4.60. The van der Waals surface area contributed by atoms with Crippen molar-refractivity contribution in [2.75, 3.05) is 12.3 Å². The topological polar surface area (TPSA) is 79.3 Å². The van der Waals surface area contributed by atoms with E-state index in [-0.39, 0.29) is 12.3 Å². The monoisotopic (exact) mass is 286 g/mol. The molecular weight excluding hydrogens is 272 g/mol. The van der Waals surface area contributed by atoms with Gasteiger partial charge in [-0.2, -0.15) is 0 Å². The second kappa shape index (κ2) is 6.19. The Balaban J connectivity index is 1.69. The molecule has 18 heavy (non-hydrogen) atoms. The summed E-state index contributed by atoms with van der Waals surface area (Å²) in [5, 5.41) is 13.2. The molecule has 0 saturated heterocycles. The number of thiazole rings is 1. The number of aliphatic carboxylic acids is 1. The van der Waals surface area contributed by atoms with Crippen molar-refractivity contribution >= 4 is 35.0 Å². The van der Waals surface area contributed by atoms with Crippen molar-refractivity contribution < 1.29 is 14.7 Å². The number of carbonyl (C=O) groups excluding carboxylic acids is 1. The number of carboxylic acid groups (broad SMARTS) is 1. The number of hydrogen-bond acceptors (Lipinski definition) is 5. The second-order valence-corrected chi connectivity index (χ2v) is 6.29. The highest BCUT2D eigenvalue weighted by molar-refractivity contribution is 8.01.